The number of para-hydroxylation sites is 1. The van der Waals surface area contributed by atoms with Crippen LogP contribution in [0, 0.1) is 5.92 Å². The summed E-state index contributed by atoms with van der Waals surface area (Å²) in [5.41, 5.74) is 6.77. The lowest BCUT2D eigenvalue weighted by Gasteiger charge is -2.37. The van der Waals surface area contributed by atoms with E-state index in [1.807, 2.05) is 49.5 Å². The number of nitrogens with zero attached hydrogens (tertiary/aromatic N) is 1. The van der Waals surface area contributed by atoms with Crippen molar-refractivity contribution in [1.82, 2.24) is 0 Å². The average Bonchev–Trinajstić information content (AvgIpc) is 3.47. The maximum Gasteiger partial charge on any atom is 0.175 e. The van der Waals surface area contributed by atoms with Crippen molar-refractivity contribution in [2.75, 3.05) is 11.9 Å². The van der Waals surface area contributed by atoms with E-state index in [2.05, 4.69) is 81.9 Å². The first kappa shape index (κ1) is 26.7. The quantitative estimate of drug-likeness (QED) is 0.159. The van der Waals surface area contributed by atoms with E-state index in [9.17, 15) is 0 Å². The molecule has 4 aromatic rings. The number of anilines is 1. The maximum absolute atomic E-state index is 6.12. The van der Waals surface area contributed by atoms with Crippen molar-refractivity contribution in [1.29, 1.82) is 0 Å². The van der Waals surface area contributed by atoms with Gasteiger partial charge in [0.25, 0.3) is 0 Å². The Morgan fingerprint density at radius 3 is 2.60 bits per heavy atom. The van der Waals surface area contributed by atoms with Crippen molar-refractivity contribution in [3.05, 3.63) is 129 Å². The van der Waals surface area contributed by atoms with Crippen LogP contribution in [0.4, 0.5) is 11.4 Å². The SMILES string of the molecule is CCOc1cc(C=Nc2ccc([C@@H]3Nc4ccccc4[C@@H]4C=CC[C@H]43)cc2)cc(Br)c1OCc1ccc(Cl)cc1. The molecule has 4 aromatic carbocycles. The van der Waals surface area contributed by atoms with Crippen LogP contribution in [0.1, 0.15) is 47.6 Å². The van der Waals surface area contributed by atoms with Crippen molar-refractivity contribution in [2.45, 2.75) is 31.9 Å². The Labute approximate surface area is 248 Å². The Morgan fingerprint density at radius 2 is 1.80 bits per heavy atom. The molecule has 2 aliphatic rings. The van der Waals surface area contributed by atoms with E-state index in [1.165, 1.54) is 16.8 Å². The standard InChI is InChI=1S/C34H30BrClN2O2/c1-2-39-32-19-23(18-30(35)34(32)40-21-22-10-14-25(36)15-11-22)20-37-26-16-12-24(13-17-26)33-29-8-5-7-27(29)28-6-3-4-9-31(28)38-33/h3-7,9-20,27,29,33,38H,2,8,21H2,1H3/t27-,29+,33-/m0/s1. The zero-order chi connectivity index (χ0) is 27.5. The summed E-state index contributed by atoms with van der Waals surface area (Å²) in [7, 11) is 0. The topological polar surface area (TPSA) is 42.8 Å². The first-order valence-electron chi connectivity index (χ1n) is 13.6. The van der Waals surface area contributed by atoms with Gasteiger partial charge >= 0.3 is 0 Å². The second-order valence-electron chi connectivity index (χ2n) is 10.1. The Bertz CT molecular complexity index is 1550. The molecule has 0 fully saturated rings. The summed E-state index contributed by atoms with van der Waals surface area (Å²) >= 11 is 9.67. The zero-order valence-corrected chi connectivity index (χ0v) is 24.5. The maximum atomic E-state index is 6.12. The van der Waals surface area contributed by atoms with E-state index in [0.717, 1.165) is 27.7 Å². The third kappa shape index (κ3) is 5.67. The highest BCUT2D eigenvalue weighted by Gasteiger charge is 2.37. The number of hydrogen-bond acceptors (Lipinski definition) is 4. The number of aliphatic imine (C=N–C) groups is 1. The van der Waals surface area contributed by atoms with Gasteiger partial charge in [-0.15, -0.1) is 0 Å². The molecule has 0 saturated carbocycles. The predicted molar refractivity (Wildman–Crippen MR) is 168 cm³/mol. The van der Waals surface area contributed by atoms with Gasteiger partial charge in [0.15, 0.2) is 11.5 Å². The van der Waals surface area contributed by atoms with E-state index >= 15 is 0 Å². The summed E-state index contributed by atoms with van der Waals surface area (Å²) < 4.78 is 12.8. The molecule has 0 amide bonds. The lowest BCUT2D eigenvalue weighted by Crippen LogP contribution is -2.28. The molecule has 6 rings (SSSR count). The second kappa shape index (κ2) is 11.9. The fourth-order valence-electron chi connectivity index (χ4n) is 5.59. The smallest absolute Gasteiger partial charge is 0.175 e. The average molecular weight is 614 g/mol. The van der Waals surface area contributed by atoms with Crippen molar-refractivity contribution in [3.63, 3.8) is 0 Å². The van der Waals surface area contributed by atoms with Gasteiger partial charge in [-0.3, -0.25) is 4.99 Å². The van der Waals surface area contributed by atoms with E-state index in [1.54, 1.807) is 0 Å². The first-order chi connectivity index (χ1) is 19.6. The van der Waals surface area contributed by atoms with Crippen molar-refractivity contribution >= 4 is 45.1 Å². The van der Waals surface area contributed by atoms with Gasteiger partial charge in [0.2, 0.25) is 0 Å². The number of fused-ring (bicyclic) bond motifs is 3. The molecule has 1 aliphatic carbocycles. The van der Waals surface area contributed by atoms with Crippen LogP contribution in [-0.2, 0) is 6.61 Å². The van der Waals surface area contributed by atoms with Gasteiger partial charge in [-0.05, 0) is 99.9 Å². The Hall–Kier alpha value is -3.54. The fourth-order valence-corrected chi connectivity index (χ4v) is 6.29. The molecule has 0 aromatic heterocycles. The summed E-state index contributed by atoms with van der Waals surface area (Å²) in [6.07, 6.45) is 7.65. The molecular formula is C34H30BrClN2O2. The highest BCUT2D eigenvalue weighted by atomic mass is 79.9. The van der Waals surface area contributed by atoms with E-state index in [-0.39, 0.29) is 6.04 Å². The van der Waals surface area contributed by atoms with Crippen molar-refractivity contribution in [2.24, 2.45) is 10.9 Å². The minimum Gasteiger partial charge on any atom is -0.490 e. The van der Waals surface area contributed by atoms with Crippen molar-refractivity contribution < 1.29 is 9.47 Å². The van der Waals surface area contributed by atoms with Crippen LogP contribution in [0.5, 0.6) is 11.5 Å². The molecular weight excluding hydrogens is 584 g/mol. The summed E-state index contributed by atoms with van der Waals surface area (Å²) in [6, 6.07) is 29.1. The third-order valence-electron chi connectivity index (χ3n) is 7.52. The molecule has 202 valence electrons. The van der Waals surface area contributed by atoms with Gasteiger partial charge in [0, 0.05) is 22.8 Å². The highest BCUT2D eigenvalue weighted by molar-refractivity contribution is 9.10. The summed E-state index contributed by atoms with van der Waals surface area (Å²) in [5, 5.41) is 4.50. The first-order valence-corrected chi connectivity index (χ1v) is 14.8. The molecule has 3 atom stereocenters. The van der Waals surface area contributed by atoms with Crippen LogP contribution in [0.2, 0.25) is 5.02 Å². The molecule has 0 radical (unpaired) electrons. The molecule has 1 aliphatic heterocycles. The van der Waals surface area contributed by atoms with Crippen LogP contribution in [0.15, 0.2) is 107 Å². The molecule has 0 saturated heterocycles. The molecule has 6 heteroatoms. The van der Waals surface area contributed by atoms with Crippen LogP contribution in [-0.4, -0.2) is 12.8 Å². The number of allylic oxidation sites excluding steroid dienone is 2. The van der Waals surface area contributed by atoms with Crippen LogP contribution in [0.3, 0.4) is 0 Å². The molecule has 0 bridgehead atoms. The van der Waals surface area contributed by atoms with E-state index < -0.39 is 0 Å². The number of hydrogen-bond donors (Lipinski definition) is 1. The molecule has 0 unspecified atom stereocenters. The number of halogens is 2. The number of nitrogens with one attached hydrogen (secondary N) is 1. The van der Waals surface area contributed by atoms with E-state index in [4.69, 9.17) is 26.1 Å². The highest BCUT2D eigenvalue weighted by Crippen LogP contribution is 2.49. The van der Waals surface area contributed by atoms with Gasteiger partial charge in [-0.2, -0.15) is 0 Å². The van der Waals surface area contributed by atoms with Gasteiger partial charge < -0.3 is 14.8 Å². The molecule has 0 spiro atoms. The van der Waals surface area contributed by atoms with Crippen molar-refractivity contribution in [3.8, 4) is 11.5 Å². The Balaban J connectivity index is 1.17. The van der Waals surface area contributed by atoms with Gasteiger partial charge in [-0.1, -0.05) is 66.2 Å². The number of ether oxygens (including phenoxy) is 2. The van der Waals surface area contributed by atoms with Gasteiger partial charge in [-0.25, -0.2) is 0 Å². The van der Waals surface area contributed by atoms with Crippen LogP contribution in [0.25, 0.3) is 0 Å². The number of benzene rings is 4. The molecule has 1 heterocycles. The lowest BCUT2D eigenvalue weighted by molar-refractivity contribution is 0.267. The minimum absolute atomic E-state index is 0.276. The normalized spacial score (nSPS) is 19.2. The summed E-state index contributed by atoms with van der Waals surface area (Å²) in [5.74, 6) is 2.33. The lowest BCUT2D eigenvalue weighted by atomic mass is 9.77. The zero-order valence-electron chi connectivity index (χ0n) is 22.2. The number of rotatable bonds is 8. The fraction of sp³-hybridized carbons (Fsp3) is 0.206. The Kier molecular flexibility index (Phi) is 7.94. The van der Waals surface area contributed by atoms with Gasteiger partial charge in [0.05, 0.1) is 22.8 Å². The largest absolute Gasteiger partial charge is 0.490 e. The monoisotopic (exact) mass is 612 g/mol. The second-order valence-corrected chi connectivity index (χ2v) is 11.4. The molecule has 1 N–H and O–H groups in total. The molecule has 4 nitrogen and oxygen atoms in total. The molecule has 40 heavy (non-hydrogen) atoms. The summed E-state index contributed by atoms with van der Waals surface area (Å²) in [6.45, 7) is 2.90. The van der Waals surface area contributed by atoms with Crippen LogP contribution < -0.4 is 14.8 Å². The van der Waals surface area contributed by atoms with Crippen LogP contribution >= 0.6 is 27.5 Å². The third-order valence-corrected chi connectivity index (χ3v) is 8.36. The summed E-state index contributed by atoms with van der Waals surface area (Å²) in [4.78, 5) is 4.75. The predicted octanol–water partition coefficient (Wildman–Crippen LogP) is 9.66. The van der Waals surface area contributed by atoms with E-state index in [0.29, 0.717) is 41.6 Å². The minimum atomic E-state index is 0.276. The van der Waals surface area contributed by atoms with Gasteiger partial charge in [0.1, 0.15) is 6.61 Å². The Morgan fingerprint density at radius 1 is 1.00 bits per heavy atom.